The predicted molar refractivity (Wildman–Crippen MR) is 78.9 cm³/mol. The fourth-order valence-electron chi connectivity index (χ4n) is 2.40. The van der Waals surface area contributed by atoms with Crippen molar-refractivity contribution in [3.63, 3.8) is 0 Å². The highest BCUT2D eigenvalue weighted by Crippen LogP contribution is 2.30. The minimum atomic E-state index is 0.0547. The molecule has 0 aliphatic rings. The molecule has 1 unspecified atom stereocenters. The van der Waals surface area contributed by atoms with Crippen molar-refractivity contribution >= 4 is 0 Å². The van der Waals surface area contributed by atoms with Crippen LogP contribution in [0.15, 0.2) is 24.5 Å². The van der Waals surface area contributed by atoms with Crippen molar-refractivity contribution in [3.05, 3.63) is 41.5 Å². The average molecular weight is 274 g/mol. The largest absolute Gasteiger partial charge is 0.493 e. The first kappa shape index (κ1) is 14.5. The van der Waals surface area contributed by atoms with Gasteiger partial charge in [-0.1, -0.05) is 6.92 Å². The van der Waals surface area contributed by atoms with Crippen LogP contribution in [-0.4, -0.2) is 28.4 Å². The lowest BCUT2D eigenvalue weighted by atomic mass is 10.0. The topological polar surface area (TPSA) is 52.0 Å². The first-order valence-electron chi connectivity index (χ1n) is 6.96. The van der Waals surface area contributed by atoms with E-state index in [0.717, 1.165) is 30.2 Å². The molecule has 0 aliphatic heterocycles. The van der Waals surface area contributed by atoms with Crippen molar-refractivity contribution in [2.75, 3.05) is 13.7 Å². The summed E-state index contributed by atoms with van der Waals surface area (Å²) in [5.74, 6) is 0.812. The van der Waals surface area contributed by atoms with Crippen LogP contribution in [0, 0.1) is 6.92 Å². The second-order valence-corrected chi connectivity index (χ2v) is 4.64. The van der Waals surface area contributed by atoms with Gasteiger partial charge in [0.1, 0.15) is 5.69 Å². The number of pyridine rings is 1. The second kappa shape index (κ2) is 6.52. The molecule has 20 heavy (non-hydrogen) atoms. The minimum Gasteiger partial charge on any atom is -0.493 e. The van der Waals surface area contributed by atoms with Crippen molar-refractivity contribution in [3.8, 4) is 5.75 Å². The predicted octanol–water partition coefficient (Wildman–Crippen LogP) is 2.31. The van der Waals surface area contributed by atoms with E-state index in [-0.39, 0.29) is 6.04 Å². The van der Waals surface area contributed by atoms with Crippen LogP contribution < -0.4 is 10.1 Å². The molecule has 0 amide bonds. The number of rotatable bonds is 6. The summed E-state index contributed by atoms with van der Waals surface area (Å²) in [6, 6.07) is 4.19. The molecule has 0 aromatic carbocycles. The first-order chi connectivity index (χ1) is 9.71. The van der Waals surface area contributed by atoms with Gasteiger partial charge in [0.2, 0.25) is 0 Å². The Hall–Kier alpha value is -1.88. The number of aromatic nitrogens is 3. The quantitative estimate of drug-likeness (QED) is 0.878. The van der Waals surface area contributed by atoms with Gasteiger partial charge in [-0.25, -0.2) is 0 Å². The smallest absolute Gasteiger partial charge is 0.161 e. The van der Waals surface area contributed by atoms with Crippen LogP contribution in [0.4, 0.5) is 0 Å². The van der Waals surface area contributed by atoms with E-state index in [9.17, 15) is 0 Å². The summed E-state index contributed by atoms with van der Waals surface area (Å²) >= 11 is 0. The third-order valence-corrected chi connectivity index (χ3v) is 3.30. The molecule has 5 heteroatoms. The molecule has 2 aromatic rings. The summed E-state index contributed by atoms with van der Waals surface area (Å²) in [6.45, 7) is 7.85. The zero-order valence-corrected chi connectivity index (χ0v) is 12.6. The maximum Gasteiger partial charge on any atom is 0.161 e. The molecule has 2 rings (SSSR count). The highest BCUT2D eigenvalue weighted by Gasteiger charge is 2.22. The van der Waals surface area contributed by atoms with E-state index < -0.39 is 0 Å². The Balaban J connectivity index is 2.50. The van der Waals surface area contributed by atoms with E-state index in [0.29, 0.717) is 0 Å². The molecule has 2 aromatic heterocycles. The summed E-state index contributed by atoms with van der Waals surface area (Å²) in [5, 5.41) is 7.90. The lowest BCUT2D eigenvalue weighted by Gasteiger charge is -2.21. The van der Waals surface area contributed by atoms with Crippen LogP contribution in [0.25, 0.3) is 0 Å². The van der Waals surface area contributed by atoms with Crippen molar-refractivity contribution < 1.29 is 4.74 Å². The zero-order valence-electron chi connectivity index (χ0n) is 12.6. The summed E-state index contributed by atoms with van der Waals surface area (Å²) in [6.07, 6.45) is 3.62. The van der Waals surface area contributed by atoms with Crippen LogP contribution in [-0.2, 0) is 6.54 Å². The van der Waals surface area contributed by atoms with Gasteiger partial charge in [0.05, 0.1) is 19.3 Å². The number of nitrogens with one attached hydrogen (secondary N) is 1. The van der Waals surface area contributed by atoms with E-state index in [2.05, 4.69) is 35.3 Å². The molecule has 1 atom stereocenters. The number of aryl methyl sites for hydroxylation is 2. The van der Waals surface area contributed by atoms with Gasteiger partial charge < -0.3 is 10.1 Å². The van der Waals surface area contributed by atoms with E-state index in [1.54, 1.807) is 13.3 Å². The van der Waals surface area contributed by atoms with Gasteiger partial charge >= 0.3 is 0 Å². The van der Waals surface area contributed by atoms with Gasteiger partial charge in [-0.05, 0) is 38.1 Å². The van der Waals surface area contributed by atoms with E-state index in [1.807, 2.05) is 23.9 Å². The summed E-state index contributed by atoms with van der Waals surface area (Å²) < 4.78 is 7.44. The number of nitrogens with zero attached hydrogens (tertiary/aromatic N) is 3. The van der Waals surface area contributed by atoms with Gasteiger partial charge in [0.15, 0.2) is 5.75 Å². The standard InChI is InChI=1S/C15H22N4O/c1-5-16-14(12-7-8-17-11(3)9-12)15-13(20-4)10-18-19(15)6-2/h7-10,14,16H,5-6H2,1-4H3. The Morgan fingerprint density at radius 1 is 1.40 bits per heavy atom. The fraction of sp³-hybridized carbons (Fsp3) is 0.467. The molecular weight excluding hydrogens is 252 g/mol. The van der Waals surface area contributed by atoms with Crippen molar-refractivity contribution in [2.24, 2.45) is 0 Å². The molecule has 5 nitrogen and oxygen atoms in total. The van der Waals surface area contributed by atoms with E-state index in [1.165, 1.54) is 5.56 Å². The molecule has 0 fully saturated rings. The van der Waals surface area contributed by atoms with Gasteiger partial charge in [0.25, 0.3) is 0 Å². The molecule has 108 valence electrons. The van der Waals surface area contributed by atoms with Crippen molar-refractivity contribution in [1.82, 2.24) is 20.1 Å². The monoisotopic (exact) mass is 274 g/mol. The van der Waals surface area contributed by atoms with Crippen LogP contribution >= 0.6 is 0 Å². The van der Waals surface area contributed by atoms with Gasteiger partial charge in [0, 0.05) is 18.4 Å². The van der Waals surface area contributed by atoms with Crippen LogP contribution in [0.3, 0.4) is 0 Å². The highest BCUT2D eigenvalue weighted by molar-refractivity contribution is 5.36. The Kier molecular flexibility index (Phi) is 4.74. The lowest BCUT2D eigenvalue weighted by molar-refractivity contribution is 0.399. The molecule has 0 saturated carbocycles. The molecule has 1 N–H and O–H groups in total. The normalized spacial score (nSPS) is 12.4. The zero-order chi connectivity index (χ0) is 14.5. The maximum absolute atomic E-state index is 5.47. The molecule has 2 heterocycles. The van der Waals surface area contributed by atoms with Crippen molar-refractivity contribution in [1.29, 1.82) is 0 Å². The SMILES string of the molecule is CCNC(c1ccnc(C)c1)c1c(OC)cnn1CC. The second-order valence-electron chi connectivity index (χ2n) is 4.64. The third kappa shape index (κ3) is 2.82. The summed E-state index contributed by atoms with van der Waals surface area (Å²) in [7, 11) is 1.68. The van der Waals surface area contributed by atoms with Crippen LogP contribution in [0.2, 0.25) is 0 Å². The Morgan fingerprint density at radius 2 is 2.20 bits per heavy atom. The number of ether oxygens (including phenoxy) is 1. The highest BCUT2D eigenvalue weighted by atomic mass is 16.5. The van der Waals surface area contributed by atoms with Crippen molar-refractivity contribution in [2.45, 2.75) is 33.4 Å². The molecule has 0 bridgehead atoms. The number of methoxy groups -OCH3 is 1. The maximum atomic E-state index is 5.47. The lowest BCUT2D eigenvalue weighted by Crippen LogP contribution is -2.25. The van der Waals surface area contributed by atoms with Gasteiger partial charge in [-0.2, -0.15) is 5.10 Å². The van der Waals surface area contributed by atoms with E-state index in [4.69, 9.17) is 4.74 Å². The van der Waals surface area contributed by atoms with Crippen LogP contribution in [0.5, 0.6) is 5.75 Å². The fourth-order valence-corrected chi connectivity index (χ4v) is 2.40. The Bertz CT molecular complexity index is 543. The minimum absolute atomic E-state index is 0.0547. The summed E-state index contributed by atoms with van der Waals surface area (Å²) in [5.41, 5.74) is 3.24. The average Bonchev–Trinajstić information content (AvgIpc) is 2.87. The van der Waals surface area contributed by atoms with Crippen LogP contribution in [0.1, 0.15) is 36.8 Å². The molecular formula is C15H22N4O. The summed E-state index contributed by atoms with van der Waals surface area (Å²) in [4.78, 5) is 4.27. The Labute approximate surface area is 120 Å². The molecule has 0 saturated heterocycles. The number of hydrogen-bond donors (Lipinski definition) is 1. The number of hydrogen-bond acceptors (Lipinski definition) is 4. The van der Waals surface area contributed by atoms with Gasteiger partial charge in [-0.15, -0.1) is 0 Å². The third-order valence-electron chi connectivity index (χ3n) is 3.30. The molecule has 0 aliphatic carbocycles. The molecule has 0 spiro atoms. The first-order valence-corrected chi connectivity index (χ1v) is 6.96. The van der Waals surface area contributed by atoms with Gasteiger partial charge in [-0.3, -0.25) is 9.67 Å². The molecule has 0 radical (unpaired) electrons. The Morgan fingerprint density at radius 3 is 2.80 bits per heavy atom. The van der Waals surface area contributed by atoms with E-state index >= 15 is 0 Å².